The predicted octanol–water partition coefficient (Wildman–Crippen LogP) is 0.266. The molecule has 0 aliphatic carbocycles. The summed E-state index contributed by atoms with van der Waals surface area (Å²) in [5.74, 6) is -1.28. The Kier molecular flexibility index (Phi) is 3.92. The maximum Gasteiger partial charge on any atom is 0.328 e. The number of anilines is 1. The maximum absolute atomic E-state index is 11.7. The lowest BCUT2D eigenvalue weighted by Gasteiger charge is -2.12. The Morgan fingerprint density at radius 3 is 2.71 bits per heavy atom. The summed E-state index contributed by atoms with van der Waals surface area (Å²) >= 11 is 0. The van der Waals surface area contributed by atoms with Gasteiger partial charge in [0, 0.05) is 0 Å². The first kappa shape index (κ1) is 12.8. The maximum atomic E-state index is 11.7. The second-order valence-corrected chi connectivity index (χ2v) is 3.46. The lowest BCUT2D eigenvalue weighted by Crippen LogP contribution is -2.39. The quantitative estimate of drug-likeness (QED) is 0.398. The van der Waals surface area contributed by atoms with Crippen molar-refractivity contribution in [3.05, 3.63) is 23.8 Å². The van der Waals surface area contributed by atoms with Crippen LogP contribution in [0.2, 0.25) is 0 Å². The van der Waals surface area contributed by atoms with Gasteiger partial charge >= 0.3 is 5.97 Å². The van der Waals surface area contributed by atoms with Crippen LogP contribution in [0.3, 0.4) is 0 Å². The van der Waals surface area contributed by atoms with Gasteiger partial charge in [-0.3, -0.25) is 4.79 Å². The van der Waals surface area contributed by atoms with Crippen LogP contribution in [0.4, 0.5) is 5.69 Å². The molecule has 1 rings (SSSR count). The summed E-state index contributed by atoms with van der Waals surface area (Å²) in [6.07, 6.45) is 0. The van der Waals surface area contributed by atoms with Crippen molar-refractivity contribution in [1.29, 1.82) is 0 Å². The molecular formula is C11H14N2O4. The molecular weight excluding hydrogens is 224 g/mol. The number of nitrogen functional groups attached to an aromatic ring is 1. The number of nitrogens with one attached hydrogen (secondary N) is 1. The highest BCUT2D eigenvalue weighted by molar-refractivity contribution is 6.01. The zero-order valence-electron chi connectivity index (χ0n) is 9.56. The molecule has 0 aliphatic rings. The van der Waals surface area contributed by atoms with Gasteiger partial charge in [0.2, 0.25) is 0 Å². The van der Waals surface area contributed by atoms with E-state index in [1.54, 1.807) is 0 Å². The Morgan fingerprint density at radius 1 is 1.47 bits per heavy atom. The third kappa shape index (κ3) is 2.87. The number of amides is 1. The zero-order chi connectivity index (χ0) is 13.0. The van der Waals surface area contributed by atoms with Gasteiger partial charge in [-0.15, -0.1) is 0 Å². The smallest absolute Gasteiger partial charge is 0.328 e. The van der Waals surface area contributed by atoms with Gasteiger partial charge in [-0.25, -0.2) is 4.79 Å². The van der Waals surface area contributed by atoms with Crippen molar-refractivity contribution >= 4 is 17.6 Å². The van der Waals surface area contributed by atoms with E-state index in [0.717, 1.165) is 0 Å². The standard InChI is InChI=1S/C11H14N2O4/c1-6(11(16)17-2)13-10(15)7-4-3-5-8(14)9(7)12/h3-6,14H,12H2,1-2H3,(H,13,15). The normalized spacial score (nSPS) is 11.6. The van der Waals surface area contributed by atoms with E-state index in [1.165, 1.54) is 32.2 Å². The van der Waals surface area contributed by atoms with Crippen molar-refractivity contribution in [2.45, 2.75) is 13.0 Å². The van der Waals surface area contributed by atoms with Crippen LogP contribution < -0.4 is 11.1 Å². The van der Waals surface area contributed by atoms with Gasteiger partial charge in [-0.2, -0.15) is 0 Å². The number of nitrogens with two attached hydrogens (primary N) is 1. The second kappa shape index (κ2) is 5.20. The number of rotatable bonds is 3. The molecule has 0 aliphatic heterocycles. The van der Waals surface area contributed by atoms with Crippen molar-refractivity contribution in [3.63, 3.8) is 0 Å². The number of benzene rings is 1. The molecule has 0 fully saturated rings. The Balaban J connectivity index is 2.84. The number of phenolic OH excluding ortho intramolecular Hbond substituents is 1. The summed E-state index contributed by atoms with van der Waals surface area (Å²) in [5.41, 5.74) is 5.63. The van der Waals surface area contributed by atoms with Crippen LogP contribution in [-0.2, 0) is 9.53 Å². The monoisotopic (exact) mass is 238 g/mol. The summed E-state index contributed by atoms with van der Waals surface area (Å²) in [5, 5.41) is 11.8. The number of methoxy groups -OCH3 is 1. The molecule has 6 nitrogen and oxygen atoms in total. The number of para-hydroxylation sites is 1. The van der Waals surface area contributed by atoms with E-state index in [9.17, 15) is 14.7 Å². The molecule has 0 saturated carbocycles. The molecule has 0 spiro atoms. The van der Waals surface area contributed by atoms with Crippen LogP contribution >= 0.6 is 0 Å². The van der Waals surface area contributed by atoms with Gasteiger partial charge in [-0.05, 0) is 19.1 Å². The first-order chi connectivity index (χ1) is 7.97. The summed E-state index contributed by atoms with van der Waals surface area (Å²) in [7, 11) is 1.23. The third-order valence-corrected chi connectivity index (χ3v) is 2.23. The second-order valence-electron chi connectivity index (χ2n) is 3.46. The minimum atomic E-state index is -0.783. The van der Waals surface area contributed by atoms with E-state index >= 15 is 0 Å². The number of carbonyl (C=O) groups is 2. The lowest BCUT2D eigenvalue weighted by atomic mass is 10.1. The fourth-order valence-electron chi connectivity index (χ4n) is 1.26. The molecule has 1 aromatic carbocycles. The van der Waals surface area contributed by atoms with E-state index in [0.29, 0.717) is 0 Å². The van der Waals surface area contributed by atoms with E-state index in [1.807, 2.05) is 0 Å². The summed E-state index contributed by atoms with van der Waals surface area (Å²) in [6.45, 7) is 1.49. The van der Waals surface area contributed by atoms with E-state index in [-0.39, 0.29) is 17.0 Å². The Labute approximate surface area is 98.4 Å². The first-order valence-corrected chi connectivity index (χ1v) is 4.93. The number of hydrogen-bond acceptors (Lipinski definition) is 5. The number of phenols is 1. The summed E-state index contributed by atoms with van der Waals surface area (Å²) in [4.78, 5) is 22.9. The van der Waals surface area contributed by atoms with Gasteiger partial charge < -0.3 is 20.9 Å². The number of hydrogen-bond donors (Lipinski definition) is 3. The van der Waals surface area contributed by atoms with E-state index in [4.69, 9.17) is 5.73 Å². The highest BCUT2D eigenvalue weighted by Crippen LogP contribution is 2.23. The van der Waals surface area contributed by atoms with E-state index in [2.05, 4.69) is 10.1 Å². The van der Waals surface area contributed by atoms with Crippen molar-refractivity contribution in [1.82, 2.24) is 5.32 Å². The van der Waals surface area contributed by atoms with Gasteiger partial charge in [-0.1, -0.05) is 6.07 Å². The molecule has 1 aromatic rings. The van der Waals surface area contributed by atoms with Gasteiger partial charge in [0.05, 0.1) is 18.4 Å². The molecule has 0 heterocycles. The van der Waals surface area contributed by atoms with Crippen LogP contribution in [0.1, 0.15) is 17.3 Å². The molecule has 17 heavy (non-hydrogen) atoms. The highest BCUT2D eigenvalue weighted by atomic mass is 16.5. The summed E-state index contributed by atoms with van der Waals surface area (Å²) < 4.78 is 4.47. The first-order valence-electron chi connectivity index (χ1n) is 4.93. The SMILES string of the molecule is COC(=O)C(C)NC(=O)c1cccc(O)c1N. The minimum absolute atomic E-state index is 0.0259. The van der Waals surface area contributed by atoms with E-state index < -0.39 is 17.9 Å². The van der Waals surface area contributed by atoms with Gasteiger partial charge in [0.1, 0.15) is 11.8 Å². The van der Waals surface area contributed by atoms with Crippen LogP contribution in [0.25, 0.3) is 0 Å². The summed E-state index contributed by atoms with van der Waals surface area (Å²) in [6, 6.07) is 3.53. The van der Waals surface area contributed by atoms with Crippen molar-refractivity contribution in [2.24, 2.45) is 0 Å². The molecule has 0 bridgehead atoms. The van der Waals surface area contributed by atoms with Crippen molar-refractivity contribution in [3.8, 4) is 5.75 Å². The van der Waals surface area contributed by atoms with Gasteiger partial charge in [0.25, 0.3) is 5.91 Å². The van der Waals surface area contributed by atoms with Gasteiger partial charge in [0.15, 0.2) is 0 Å². The average molecular weight is 238 g/mol. The Morgan fingerprint density at radius 2 is 2.12 bits per heavy atom. The molecule has 0 saturated heterocycles. The zero-order valence-corrected chi connectivity index (χ0v) is 9.56. The fourth-order valence-corrected chi connectivity index (χ4v) is 1.26. The molecule has 0 radical (unpaired) electrons. The fraction of sp³-hybridized carbons (Fsp3) is 0.273. The van der Waals surface area contributed by atoms with Crippen LogP contribution in [0.15, 0.2) is 18.2 Å². The largest absolute Gasteiger partial charge is 0.506 e. The molecule has 1 unspecified atom stereocenters. The molecule has 6 heteroatoms. The number of aromatic hydroxyl groups is 1. The number of esters is 1. The third-order valence-electron chi connectivity index (χ3n) is 2.23. The van der Waals surface area contributed by atoms with Crippen LogP contribution in [0.5, 0.6) is 5.75 Å². The van der Waals surface area contributed by atoms with Crippen molar-refractivity contribution in [2.75, 3.05) is 12.8 Å². The highest BCUT2D eigenvalue weighted by Gasteiger charge is 2.19. The van der Waals surface area contributed by atoms with Crippen LogP contribution in [-0.4, -0.2) is 30.1 Å². The molecule has 92 valence electrons. The topological polar surface area (TPSA) is 102 Å². The van der Waals surface area contributed by atoms with Crippen LogP contribution in [0, 0.1) is 0 Å². The Bertz CT molecular complexity index is 445. The Hall–Kier alpha value is -2.24. The number of carbonyl (C=O) groups excluding carboxylic acids is 2. The number of ether oxygens (including phenoxy) is 1. The van der Waals surface area contributed by atoms with Crippen molar-refractivity contribution < 1.29 is 19.4 Å². The molecule has 1 amide bonds. The molecule has 0 aromatic heterocycles. The lowest BCUT2D eigenvalue weighted by molar-refractivity contribution is -0.142. The average Bonchev–Trinajstić information content (AvgIpc) is 2.31. The minimum Gasteiger partial charge on any atom is -0.506 e. The molecule has 1 atom stereocenters. The molecule has 4 N–H and O–H groups in total. The predicted molar refractivity (Wildman–Crippen MR) is 61.5 cm³/mol.